The fourth-order valence-electron chi connectivity index (χ4n) is 3.24. The van der Waals surface area contributed by atoms with Gasteiger partial charge in [0.15, 0.2) is 11.0 Å². The van der Waals surface area contributed by atoms with Gasteiger partial charge in [0.25, 0.3) is 0 Å². The van der Waals surface area contributed by atoms with Crippen molar-refractivity contribution in [1.82, 2.24) is 14.9 Å². The Balaban J connectivity index is 1.60. The fourth-order valence-corrected chi connectivity index (χ4v) is 3.47. The quantitative estimate of drug-likeness (QED) is 0.816. The summed E-state index contributed by atoms with van der Waals surface area (Å²) in [6.07, 6.45) is 3.71. The number of aromatic nitrogens is 2. The van der Waals surface area contributed by atoms with Crippen LogP contribution in [0.25, 0.3) is 0 Å². The van der Waals surface area contributed by atoms with E-state index in [9.17, 15) is 4.79 Å². The summed E-state index contributed by atoms with van der Waals surface area (Å²) >= 11 is 6.16. The molecule has 2 heterocycles. The van der Waals surface area contributed by atoms with E-state index in [2.05, 4.69) is 32.3 Å². The van der Waals surface area contributed by atoms with Gasteiger partial charge in [0.1, 0.15) is 12.0 Å². The second-order valence-corrected chi connectivity index (χ2v) is 6.68. The monoisotopic (exact) mass is 373 g/mol. The summed E-state index contributed by atoms with van der Waals surface area (Å²) in [4.78, 5) is 25.1. The molecule has 138 valence electrons. The van der Waals surface area contributed by atoms with Crippen molar-refractivity contribution in [2.24, 2.45) is 0 Å². The first-order valence-corrected chi connectivity index (χ1v) is 9.31. The molecule has 1 aromatic carbocycles. The van der Waals surface area contributed by atoms with E-state index in [1.165, 1.54) is 11.9 Å². The van der Waals surface area contributed by atoms with E-state index in [-0.39, 0.29) is 5.91 Å². The molecule has 2 aromatic rings. The maximum absolute atomic E-state index is 12.6. The Labute approximate surface area is 159 Å². The largest absolute Gasteiger partial charge is 0.383 e. The molecule has 1 aliphatic rings. The van der Waals surface area contributed by atoms with Crippen molar-refractivity contribution in [1.29, 1.82) is 0 Å². The van der Waals surface area contributed by atoms with Crippen LogP contribution in [0.5, 0.6) is 0 Å². The summed E-state index contributed by atoms with van der Waals surface area (Å²) in [5, 5.41) is 3.49. The Hall–Kier alpha value is -2.34. The van der Waals surface area contributed by atoms with Gasteiger partial charge in [0.2, 0.25) is 5.91 Å². The van der Waals surface area contributed by atoms with Gasteiger partial charge in [-0.3, -0.25) is 4.79 Å². The van der Waals surface area contributed by atoms with E-state index in [1.54, 1.807) is 0 Å². The van der Waals surface area contributed by atoms with Crippen molar-refractivity contribution < 1.29 is 4.79 Å². The lowest BCUT2D eigenvalue weighted by Crippen LogP contribution is -2.35. The van der Waals surface area contributed by atoms with Crippen LogP contribution in [-0.2, 0) is 11.2 Å². The molecular weight excluding hydrogens is 350 g/mol. The van der Waals surface area contributed by atoms with E-state index in [0.717, 1.165) is 44.0 Å². The zero-order valence-corrected chi connectivity index (χ0v) is 15.7. The number of carbonyl (C=O) groups excluding carboxylic acids is 1. The second kappa shape index (κ2) is 8.85. The number of anilines is 2. The minimum atomic E-state index is 0.213. The molecule has 0 atom stereocenters. The number of aryl methyl sites for hydroxylation is 1. The van der Waals surface area contributed by atoms with Gasteiger partial charge in [-0.25, -0.2) is 9.97 Å². The van der Waals surface area contributed by atoms with Gasteiger partial charge < -0.3 is 15.1 Å². The Bertz CT molecular complexity index is 740. The third kappa shape index (κ3) is 4.43. The van der Waals surface area contributed by atoms with Crippen LogP contribution in [0.3, 0.4) is 0 Å². The summed E-state index contributed by atoms with van der Waals surface area (Å²) < 4.78 is 0. The van der Waals surface area contributed by atoms with Crippen molar-refractivity contribution in [2.75, 3.05) is 43.4 Å². The number of nitrogens with zero attached hydrogens (tertiary/aromatic N) is 4. The Morgan fingerprint density at radius 2 is 1.96 bits per heavy atom. The zero-order chi connectivity index (χ0) is 18.4. The highest BCUT2D eigenvalue weighted by atomic mass is 35.5. The normalized spacial score (nSPS) is 14.8. The number of nitrogens with one attached hydrogen (secondary N) is 1. The lowest BCUT2D eigenvalue weighted by Gasteiger charge is -2.24. The maximum Gasteiger partial charge on any atom is 0.222 e. The van der Waals surface area contributed by atoms with Crippen molar-refractivity contribution in [3.05, 3.63) is 47.4 Å². The van der Waals surface area contributed by atoms with Crippen molar-refractivity contribution in [3.8, 4) is 0 Å². The van der Waals surface area contributed by atoms with Gasteiger partial charge in [0.05, 0.1) is 0 Å². The van der Waals surface area contributed by atoms with E-state index >= 15 is 0 Å². The smallest absolute Gasteiger partial charge is 0.222 e. The minimum Gasteiger partial charge on any atom is -0.383 e. The first kappa shape index (κ1) is 18.5. The number of benzene rings is 1. The van der Waals surface area contributed by atoms with Gasteiger partial charge in [-0.1, -0.05) is 41.9 Å². The number of amides is 1. The molecule has 1 amide bonds. The molecule has 6 nitrogen and oxygen atoms in total. The number of rotatable bonds is 5. The summed E-state index contributed by atoms with van der Waals surface area (Å²) in [6.45, 7) is 3.04. The molecule has 1 saturated heterocycles. The standard InChI is InChI=1S/C19H24ClN5O/c1-21-17-18(20)22-14-23-19(17)25-11-5-10-24(12-13-25)16(26)9-8-15-6-3-2-4-7-15/h2-4,6-7,14,21H,5,8-13H2,1H3. The number of halogens is 1. The summed E-state index contributed by atoms with van der Waals surface area (Å²) in [7, 11) is 1.81. The van der Waals surface area contributed by atoms with Crippen molar-refractivity contribution >= 4 is 29.0 Å². The number of hydrogen-bond acceptors (Lipinski definition) is 5. The fraction of sp³-hybridized carbons (Fsp3) is 0.421. The molecule has 0 aliphatic carbocycles. The predicted molar refractivity (Wildman–Crippen MR) is 105 cm³/mol. The lowest BCUT2D eigenvalue weighted by molar-refractivity contribution is -0.130. The zero-order valence-electron chi connectivity index (χ0n) is 15.0. The van der Waals surface area contributed by atoms with Crippen LogP contribution in [0.4, 0.5) is 11.5 Å². The summed E-state index contributed by atoms with van der Waals surface area (Å²) in [5.41, 5.74) is 1.93. The van der Waals surface area contributed by atoms with Gasteiger partial charge >= 0.3 is 0 Å². The average molecular weight is 374 g/mol. The highest BCUT2D eigenvalue weighted by Gasteiger charge is 2.22. The van der Waals surface area contributed by atoms with Gasteiger partial charge in [-0.15, -0.1) is 0 Å². The molecule has 1 N–H and O–H groups in total. The van der Waals surface area contributed by atoms with E-state index in [1.807, 2.05) is 30.1 Å². The third-order valence-electron chi connectivity index (χ3n) is 4.65. The Kier molecular flexibility index (Phi) is 6.28. The van der Waals surface area contributed by atoms with Crippen LogP contribution in [-0.4, -0.2) is 54.0 Å². The first-order valence-electron chi connectivity index (χ1n) is 8.94. The molecule has 1 fully saturated rings. The number of carbonyl (C=O) groups is 1. The van der Waals surface area contributed by atoms with Crippen LogP contribution in [0, 0.1) is 0 Å². The summed E-state index contributed by atoms with van der Waals surface area (Å²) in [5.74, 6) is 1.01. The summed E-state index contributed by atoms with van der Waals surface area (Å²) in [6, 6.07) is 10.1. The SMILES string of the molecule is CNc1c(Cl)ncnc1N1CCCN(C(=O)CCc2ccccc2)CC1. The molecule has 0 radical (unpaired) electrons. The van der Waals surface area contributed by atoms with Crippen molar-refractivity contribution in [2.45, 2.75) is 19.3 Å². The molecule has 3 rings (SSSR count). The van der Waals surface area contributed by atoms with E-state index in [0.29, 0.717) is 18.1 Å². The minimum absolute atomic E-state index is 0.213. The third-order valence-corrected chi connectivity index (χ3v) is 4.94. The highest BCUT2D eigenvalue weighted by molar-refractivity contribution is 6.32. The lowest BCUT2D eigenvalue weighted by atomic mass is 10.1. The number of hydrogen-bond donors (Lipinski definition) is 1. The Morgan fingerprint density at radius 3 is 2.73 bits per heavy atom. The van der Waals surface area contributed by atoms with Crippen molar-refractivity contribution in [3.63, 3.8) is 0 Å². The second-order valence-electron chi connectivity index (χ2n) is 6.32. The molecule has 0 bridgehead atoms. The van der Waals surface area contributed by atoms with Gasteiger partial charge in [-0.2, -0.15) is 0 Å². The average Bonchev–Trinajstić information content (AvgIpc) is 2.93. The molecule has 1 aliphatic heterocycles. The predicted octanol–water partition coefficient (Wildman–Crippen LogP) is 2.84. The molecule has 26 heavy (non-hydrogen) atoms. The van der Waals surface area contributed by atoms with Gasteiger partial charge in [-0.05, 0) is 18.4 Å². The van der Waals surface area contributed by atoms with Crippen LogP contribution < -0.4 is 10.2 Å². The molecule has 7 heteroatoms. The maximum atomic E-state index is 12.6. The molecule has 0 saturated carbocycles. The highest BCUT2D eigenvalue weighted by Crippen LogP contribution is 2.29. The van der Waals surface area contributed by atoms with Gasteiger partial charge in [0, 0.05) is 39.6 Å². The Morgan fingerprint density at radius 1 is 1.15 bits per heavy atom. The molecule has 0 unspecified atom stereocenters. The molecule has 0 spiro atoms. The van der Waals surface area contributed by atoms with E-state index < -0.39 is 0 Å². The van der Waals surface area contributed by atoms with Crippen LogP contribution >= 0.6 is 11.6 Å². The first-order chi connectivity index (χ1) is 12.7. The van der Waals surface area contributed by atoms with E-state index in [4.69, 9.17) is 11.6 Å². The van der Waals surface area contributed by atoms with Crippen LogP contribution in [0.15, 0.2) is 36.7 Å². The van der Waals surface area contributed by atoms with Crippen LogP contribution in [0.1, 0.15) is 18.4 Å². The van der Waals surface area contributed by atoms with Crippen LogP contribution in [0.2, 0.25) is 5.15 Å². The topological polar surface area (TPSA) is 61.4 Å². The molecular formula is C19H24ClN5O. The molecule has 1 aromatic heterocycles.